The van der Waals surface area contributed by atoms with Crippen LogP contribution in [0.3, 0.4) is 0 Å². The number of hydrogen-bond donors (Lipinski definition) is 0. The molecule has 15 heavy (non-hydrogen) atoms. The molecule has 0 unspecified atom stereocenters. The van der Waals surface area contributed by atoms with Gasteiger partial charge in [0, 0.05) is 17.1 Å². The van der Waals surface area contributed by atoms with Crippen molar-refractivity contribution in [1.29, 1.82) is 0 Å². The fourth-order valence-electron chi connectivity index (χ4n) is 1.56. The van der Waals surface area contributed by atoms with Crippen molar-refractivity contribution < 1.29 is 9.53 Å². The molecule has 0 aliphatic rings. The molecule has 0 aliphatic heterocycles. The summed E-state index contributed by atoms with van der Waals surface area (Å²) < 4.78 is 6.77. The van der Waals surface area contributed by atoms with Crippen molar-refractivity contribution in [3.8, 4) is 0 Å². The van der Waals surface area contributed by atoms with Gasteiger partial charge in [-0.1, -0.05) is 6.07 Å². The molecule has 0 bridgehead atoms. The Hall–Kier alpha value is -1.77. The van der Waals surface area contributed by atoms with Crippen LogP contribution in [0.1, 0.15) is 6.92 Å². The number of rotatable bonds is 3. The number of hydrogen-bond acceptors (Lipinski definition) is 2. The summed E-state index contributed by atoms with van der Waals surface area (Å²) in [4.78, 5) is 11.3. The van der Waals surface area contributed by atoms with Crippen molar-refractivity contribution in [3.05, 3.63) is 36.5 Å². The average Bonchev–Trinajstić information content (AvgIpc) is 2.62. The van der Waals surface area contributed by atoms with Crippen LogP contribution < -0.4 is 0 Å². The SMILES string of the molecule is CCOC(=O)Cn1ccc2c[c]ccc21. The van der Waals surface area contributed by atoms with Gasteiger partial charge in [-0.25, -0.2) is 0 Å². The lowest BCUT2D eigenvalue weighted by Gasteiger charge is -2.04. The predicted molar refractivity (Wildman–Crippen MR) is 57.4 cm³/mol. The third kappa shape index (κ3) is 2.01. The van der Waals surface area contributed by atoms with Crippen LogP contribution in [0.5, 0.6) is 0 Å². The smallest absolute Gasteiger partial charge is 0.325 e. The van der Waals surface area contributed by atoms with Gasteiger partial charge in [-0.2, -0.15) is 0 Å². The average molecular weight is 202 g/mol. The highest BCUT2D eigenvalue weighted by Crippen LogP contribution is 2.14. The maximum atomic E-state index is 11.3. The molecule has 2 aromatic rings. The van der Waals surface area contributed by atoms with E-state index in [-0.39, 0.29) is 12.5 Å². The first kappa shape index (κ1) is 9.77. The number of esters is 1. The first-order valence-electron chi connectivity index (χ1n) is 4.92. The molecule has 3 nitrogen and oxygen atoms in total. The van der Waals surface area contributed by atoms with E-state index in [0.29, 0.717) is 6.61 Å². The molecule has 1 aromatic heterocycles. The molecule has 1 radical (unpaired) electrons. The Balaban J connectivity index is 2.25. The molecule has 0 atom stereocenters. The summed E-state index contributed by atoms with van der Waals surface area (Å²) >= 11 is 0. The molecule has 77 valence electrons. The van der Waals surface area contributed by atoms with Crippen molar-refractivity contribution in [1.82, 2.24) is 4.57 Å². The van der Waals surface area contributed by atoms with E-state index in [2.05, 4.69) is 6.07 Å². The van der Waals surface area contributed by atoms with Gasteiger partial charge in [-0.05, 0) is 31.2 Å². The van der Waals surface area contributed by atoms with Gasteiger partial charge in [0.2, 0.25) is 0 Å². The number of nitrogens with zero attached hydrogens (tertiary/aromatic N) is 1. The molecule has 0 saturated heterocycles. The second-order valence-corrected chi connectivity index (χ2v) is 3.23. The Bertz CT molecular complexity index is 473. The van der Waals surface area contributed by atoms with Crippen LogP contribution in [-0.4, -0.2) is 17.1 Å². The van der Waals surface area contributed by atoms with E-state index in [0.717, 1.165) is 10.9 Å². The minimum atomic E-state index is -0.206. The van der Waals surface area contributed by atoms with Crippen LogP contribution in [0.4, 0.5) is 0 Å². The zero-order valence-electron chi connectivity index (χ0n) is 8.56. The maximum absolute atomic E-state index is 11.3. The highest BCUT2D eigenvalue weighted by atomic mass is 16.5. The number of carbonyl (C=O) groups excluding carboxylic acids is 1. The highest BCUT2D eigenvalue weighted by Gasteiger charge is 2.05. The standard InChI is InChI=1S/C12H12NO2/c1-2-15-12(14)9-13-8-7-10-5-3-4-6-11(10)13/h4-8H,2,9H2,1H3. The third-order valence-corrected chi connectivity index (χ3v) is 2.22. The van der Waals surface area contributed by atoms with Crippen LogP contribution in [0, 0.1) is 6.07 Å². The first-order valence-corrected chi connectivity index (χ1v) is 4.92. The van der Waals surface area contributed by atoms with Crippen LogP contribution in [-0.2, 0) is 16.1 Å². The minimum absolute atomic E-state index is 0.206. The first-order chi connectivity index (χ1) is 7.31. The molecule has 3 heteroatoms. The quantitative estimate of drug-likeness (QED) is 0.713. The second-order valence-electron chi connectivity index (χ2n) is 3.23. The minimum Gasteiger partial charge on any atom is -0.465 e. The summed E-state index contributed by atoms with van der Waals surface area (Å²) in [6.45, 7) is 2.49. The van der Waals surface area contributed by atoms with E-state index in [1.54, 1.807) is 6.92 Å². The van der Waals surface area contributed by atoms with Crippen LogP contribution in [0.25, 0.3) is 10.9 Å². The molecular weight excluding hydrogens is 190 g/mol. The van der Waals surface area contributed by atoms with Crippen molar-refractivity contribution in [2.45, 2.75) is 13.5 Å². The molecule has 0 aliphatic carbocycles. The Morgan fingerprint density at radius 1 is 1.53 bits per heavy atom. The lowest BCUT2D eigenvalue weighted by molar-refractivity contribution is -0.143. The zero-order valence-corrected chi connectivity index (χ0v) is 8.56. The summed E-state index contributed by atoms with van der Waals surface area (Å²) in [7, 11) is 0. The van der Waals surface area contributed by atoms with E-state index in [1.165, 1.54) is 0 Å². The van der Waals surface area contributed by atoms with Crippen molar-refractivity contribution >= 4 is 16.9 Å². The topological polar surface area (TPSA) is 31.2 Å². The van der Waals surface area contributed by atoms with E-state index in [1.807, 2.05) is 35.0 Å². The van der Waals surface area contributed by atoms with Crippen molar-refractivity contribution in [2.24, 2.45) is 0 Å². The van der Waals surface area contributed by atoms with Crippen molar-refractivity contribution in [2.75, 3.05) is 6.61 Å². The van der Waals surface area contributed by atoms with Gasteiger partial charge in [0.1, 0.15) is 6.54 Å². The molecule has 0 spiro atoms. The van der Waals surface area contributed by atoms with Gasteiger partial charge >= 0.3 is 5.97 Å². The van der Waals surface area contributed by atoms with Gasteiger partial charge in [-0.3, -0.25) is 4.79 Å². The number of benzene rings is 1. The van der Waals surface area contributed by atoms with Crippen LogP contribution in [0.2, 0.25) is 0 Å². The van der Waals surface area contributed by atoms with Gasteiger partial charge in [0.25, 0.3) is 0 Å². The van der Waals surface area contributed by atoms with E-state index in [4.69, 9.17) is 4.74 Å². The monoisotopic (exact) mass is 202 g/mol. The fourth-order valence-corrected chi connectivity index (χ4v) is 1.56. The Labute approximate surface area is 88.3 Å². The third-order valence-electron chi connectivity index (χ3n) is 2.22. The molecule has 0 fully saturated rings. The molecule has 0 saturated carbocycles. The number of aromatic nitrogens is 1. The van der Waals surface area contributed by atoms with Gasteiger partial charge in [0.05, 0.1) is 6.61 Å². The summed E-state index contributed by atoms with van der Waals surface area (Å²) in [6, 6.07) is 10.6. The predicted octanol–water partition coefficient (Wildman–Crippen LogP) is 2.00. The molecule has 0 amide bonds. The van der Waals surface area contributed by atoms with E-state index >= 15 is 0 Å². The fraction of sp³-hybridized carbons (Fsp3) is 0.250. The zero-order chi connectivity index (χ0) is 10.7. The molecule has 1 heterocycles. The van der Waals surface area contributed by atoms with Crippen LogP contribution in [0.15, 0.2) is 30.5 Å². The summed E-state index contributed by atoms with van der Waals surface area (Å²) in [5.74, 6) is -0.206. The van der Waals surface area contributed by atoms with Crippen LogP contribution >= 0.6 is 0 Å². The molecule has 1 aromatic carbocycles. The lowest BCUT2D eigenvalue weighted by atomic mass is 10.2. The van der Waals surface area contributed by atoms with Gasteiger partial charge < -0.3 is 9.30 Å². The van der Waals surface area contributed by atoms with E-state index in [9.17, 15) is 4.79 Å². The maximum Gasteiger partial charge on any atom is 0.325 e. The Kier molecular flexibility index (Phi) is 2.72. The normalized spacial score (nSPS) is 10.5. The van der Waals surface area contributed by atoms with Gasteiger partial charge in [0.15, 0.2) is 0 Å². The lowest BCUT2D eigenvalue weighted by Crippen LogP contribution is -2.12. The summed E-state index contributed by atoms with van der Waals surface area (Å²) in [5.41, 5.74) is 1.03. The molecule has 2 rings (SSSR count). The number of carbonyl (C=O) groups is 1. The Morgan fingerprint density at radius 2 is 2.40 bits per heavy atom. The van der Waals surface area contributed by atoms with Crippen molar-refractivity contribution in [3.63, 3.8) is 0 Å². The number of ether oxygens (including phenoxy) is 1. The second kappa shape index (κ2) is 4.17. The summed E-state index contributed by atoms with van der Waals surface area (Å²) in [5, 5.41) is 1.08. The summed E-state index contributed by atoms with van der Waals surface area (Å²) in [6.07, 6.45) is 1.88. The van der Waals surface area contributed by atoms with Gasteiger partial charge in [-0.15, -0.1) is 0 Å². The largest absolute Gasteiger partial charge is 0.465 e. The molecule has 0 N–H and O–H groups in total. The molecular formula is C12H12NO2. The highest BCUT2D eigenvalue weighted by molar-refractivity contribution is 5.81. The number of fused-ring (bicyclic) bond motifs is 1. The van der Waals surface area contributed by atoms with E-state index < -0.39 is 0 Å². The Morgan fingerprint density at radius 3 is 3.20 bits per heavy atom.